The molecule has 3 aromatic carbocycles. The lowest BCUT2D eigenvalue weighted by atomic mass is 9.94. The highest BCUT2D eigenvalue weighted by Crippen LogP contribution is 2.63. The maximum absolute atomic E-state index is 14.2. The summed E-state index contributed by atoms with van der Waals surface area (Å²) in [6, 6.07) is 21.1. The van der Waals surface area contributed by atoms with Crippen molar-refractivity contribution in [3.8, 4) is 0 Å². The van der Waals surface area contributed by atoms with E-state index in [1.54, 1.807) is 36.4 Å². The fourth-order valence-electron chi connectivity index (χ4n) is 4.64. The van der Waals surface area contributed by atoms with E-state index in [0.29, 0.717) is 5.56 Å². The van der Waals surface area contributed by atoms with Crippen LogP contribution in [0.25, 0.3) is 5.57 Å². The molecule has 38 heavy (non-hydrogen) atoms. The maximum atomic E-state index is 14.2. The van der Waals surface area contributed by atoms with Gasteiger partial charge in [-0.2, -0.15) is 0 Å². The molecule has 10 heteroatoms. The molecule has 1 aliphatic carbocycles. The summed E-state index contributed by atoms with van der Waals surface area (Å²) < 4.78 is 64.1. The summed E-state index contributed by atoms with van der Waals surface area (Å²) in [4.78, 5) is 25.4. The lowest BCUT2D eigenvalue weighted by Gasteiger charge is -2.22. The Morgan fingerprint density at radius 1 is 0.711 bits per heavy atom. The van der Waals surface area contributed by atoms with Gasteiger partial charge in [0.15, 0.2) is 23.8 Å². The average molecular weight is 555 g/mol. The zero-order valence-corrected chi connectivity index (χ0v) is 22.6. The molecule has 3 aromatic rings. The Balaban J connectivity index is 2.08. The number of carbonyl (C=O) groups excluding carboxylic acids is 2. The standard InChI is InChI=1S/C28H26O8S2/c1-19-14-16-20(17-15-19)24(25(26(29)35-2)27(30)36-3)23-18-28(23,37(31,32)21-10-6-4-7-11-21)38(33,34)22-12-8-5-9-13-22/h4-17,23H,18H2,1-3H3. The van der Waals surface area contributed by atoms with E-state index in [9.17, 15) is 26.4 Å². The van der Waals surface area contributed by atoms with E-state index in [-0.39, 0.29) is 21.8 Å². The van der Waals surface area contributed by atoms with E-state index in [2.05, 4.69) is 0 Å². The van der Waals surface area contributed by atoms with Gasteiger partial charge in [0.2, 0.25) is 0 Å². The van der Waals surface area contributed by atoms with E-state index in [4.69, 9.17) is 9.47 Å². The molecule has 1 saturated carbocycles. The van der Waals surface area contributed by atoms with Crippen LogP contribution >= 0.6 is 0 Å². The monoisotopic (exact) mass is 554 g/mol. The third-order valence-corrected chi connectivity index (χ3v) is 12.5. The first-order valence-electron chi connectivity index (χ1n) is 11.6. The fraction of sp³-hybridized carbons (Fsp3) is 0.214. The first-order chi connectivity index (χ1) is 18.0. The van der Waals surface area contributed by atoms with Crippen LogP contribution < -0.4 is 0 Å². The predicted octanol–water partition coefficient (Wildman–Crippen LogP) is 3.76. The van der Waals surface area contributed by atoms with Crippen LogP contribution in [0.1, 0.15) is 17.5 Å². The summed E-state index contributed by atoms with van der Waals surface area (Å²) in [5.74, 6) is -3.42. The highest BCUT2D eigenvalue weighted by Gasteiger charge is 2.74. The number of rotatable bonds is 8. The Kier molecular flexibility index (Phi) is 7.31. The van der Waals surface area contributed by atoms with Crippen LogP contribution in [0.15, 0.2) is 100 Å². The maximum Gasteiger partial charge on any atom is 0.345 e. The molecule has 0 N–H and O–H groups in total. The number of hydrogen-bond donors (Lipinski definition) is 0. The normalized spacial score (nSPS) is 16.2. The molecule has 1 fully saturated rings. The minimum absolute atomic E-state index is 0.0669. The first kappa shape index (κ1) is 27.3. The molecule has 0 bridgehead atoms. The number of esters is 2. The van der Waals surface area contributed by atoms with E-state index in [1.165, 1.54) is 48.5 Å². The molecule has 8 nitrogen and oxygen atoms in total. The van der Waals surface area contributed by atoms with E-state index >= 15 is 0 Å². The van der Waals surface area contributed by atoms with Crippen molar-refractivity contribution < 1.29 is 35.9 Å². The van der Waals surface area contributed by atoms with Crippen molar-refractivity contribution in [2.75, 3.05) is 14.2 Å². The lowest BCUT2D eigenvalue weighted by molar-refractivity contribution is -0.143. The lowest BCUT2D eigenvalue weighted by Crippen LogP contribution is -2.36. The topological polar surface area (TPSA) is 121 Å². The van der Waals surface area contributed by atoms with Gasteiger partial charge in [-0.1, -0.05) is 66.2 Å². The molecule has 0 heterocycles. The number of allylic oxidation sites excluding steroid dienone is 1. The molecule has 0 spiro atoms. The molecule has 0 aromatic heterocycles. The average Bonchev–Trinajstić information content (AvgIpc) is 3.70. The molecule has 4 rings (SSSR count). The zero-order valence-electron chi connectivity index (χ0n) is 20.9. The second kappa shape index (κ2) is 10.2. The molecular weight excluding hydrogens is 528 g/mol. The van der Waals surface area contributed by atoms with Crippen LogP contribution in [-0.2, 0) is 38.7 Å². The quantitative estimate of drug-likeness (QED) is 0.179. The zero-order chi connectivity index (χ0) is 27.7. The Morgan fingerprint density at radius 2 is 1.13 bits per heavy atom. The summed E-state index contributed by atoms with van der Waals surface area (Å²) in [5, 5.41) is 0. The number of carbonyl (C=O) groups is 2. The Hall–Kier alpha value is -3.76. The number of hydrogen-bond acceptors (Lipinski definition) is 8. The SMILES string of the molecule is COC(=O)C(C(=O)OC)=C(c1ccc(C)cc1)C1CC1(S(=O)(=O)c1ccccc1)S(=O)(=O)c1ccccc1. The van der Waals surface area contributed by atoms with E-state index in [1.807, 2.05) is 6.92 Å². The van der Waals surface area contributed by atoms with Gasteiger partial charge < -0.3 is 9.47 Å². The van der Waals surface area contributed by atoms with Crippen molar-refractivity contribution in [2.45, 2.75) is 27.2 Å². The number of aryl methyl sites for hydroxylation is 1. The van der Waals surface area contributed by atoms with Gasteiger partial charge in [-0.05, 0) is 48.7 Å². The number of ether oxygens (including phenoxy) is 2. The van der Waals surface area contributed by atoms with Gasteiger partial charge in [0.25, 0.3) is 0 Å². The van der Waals surface area contributed by atoms with Gasteiger partial charge in [0, 0.05) is 5.92 Å². The number of benzene rings is 3. The van der Waals surface area contributed by atoms with Crippen LogP contribution in [-0.4, -0.2) is 47.1 Å². The summed E-state index contributed by atoms with van der Waals surface area (Å²) in [6.45, 7) is 1.83. The van der Waals surface area contributed by atoms with Crippen molar-refractivity contribution in [1.29, 1.82) is 0 Å². The van der Waals surface area contributed by atoms with Crippen molar-refractivity contribution in [1.82, 2.24) is 0 Å². The molecule has 0 saturated heterocycles. The third kappa shape index (κ3) is 4.33. The molecule has 198 valence electrons. The Labute approximate surface area is 221 Å². The number of sulfone groups is 2. The van der Waals surface area contributed by atoms with Crippen LogP contribution in [0.4, 0.5) is 0 Å². The van der Waals surface area contributed by atoms with Crippen LogP contribution in [0.3, 0.4) is 0 Å². The molecule has 0 aliphatic heterocycles. The summed E-state index contributed by atoms with van der Waals surface area (Å²) in [7, 11) is -7.00. The summed E-state index contributed by atoms with van der Waals surface area (Å²) >= 11 is 0. The van der Waals surface area contributed by atoms with Crippen LogP contribution in [0, 0.1) is 12.8 Å². The van der Waals surface area contributed by atoms with Crippen molar-refractivity contribution in [3.63, 3.8) is 0 Å². The van der Waals surface area contributed by atoms with Crippen molar-refractivity contribution >= 4 is 37.2 Å². The summed E-state index contributed by atoms with van der Waals surface area (Å²) in [6.07, 6.45) is -0.387. The molecule has 0 radical (unpaired) electrons. The molecule has 1 unspecified atom stereocenters. The van der Waals surface area contributed by atoms with Gasteiger partial charge in [-0.15, -0.1) is 0 Å². The van der Waals surface area contributed by atoms with E-state index in [0.717, 1.165) is 19.8 Å². The van der Waals surface area contributed by atoms with Crippen LogP contribution in [0.5, 0.6) is 0 Å². The van der Waals surface area contributed by atoms with Gasteiger partial charge >= 0.3 is 11.9 Å². The van der Waals surface area contributed by atoms with Gasteiger partial charge in [-0.3, -0.25) is 0 Å². The van der Waals surface area contributed by atoms with Crippen LogP contribution in [0.2, 0.25) is 0 Å². The van der Waals surface area contributed by atoms with Gasteiger partial charge in [0.1, 0.15) is 5.57 Å². The second-order valence-electron chi connectivity index (χ2n) is 8.84. The molecule has 1 atom stereocenters. The minimum Gasteiger partial charge on any atom is -0.465 e. The number of methoxy groups -OCH3 is 2. The van der Waals surface area contributed by atoms with Crippen molar-refractivity contribution in [3.05, 3.63) is 102 Å². The van der Waals surface area contributed by atoms with Gasteiger partial charge in [-0.25, -0.2) is 26.4 Å². The Morgan fingerprint density at radius 3 is 1.53 bits per heavy atom. The third-order valence-electron chi connectivity index (χ3n) is 6.64. The fourth-order valence-corrected chi connectivity index (χ4v) is 9.96. The molecule has 1 aliphatic rings. The van der Waals surface area contributed by atoms with Gasteiger partial charge in [0.05, 0.1) is 24.0 Å². The minimum atomic E-state index is -4.57. The largest absolute Gasteiger partial charge is 0.465 e. The predicted molar refractivity (Wildman–Crippen MR) is 140 cm³/mol. The van der Waals surface area contributed by atoms with Crippen molar-refractivity contribution in [2.24, 2.45) is 5.92 Å². The molecular formula is C28H26O8S2. The highest BCUT2D eigenvalue weighted by molar-refractivity contribution is 8.11. The highest BCUT2D eigenvalue weighted by atomic mass is 32.3. The second-order valence-corrected chi connectivity index (χ2v) is 13.5. The van der Waals surface area contributed by atoms with E-state index < -0.39 is 47.2 Å². The summed E-state index contributed by atoms with van der Waals surface area (Å²) in [5.41, 5.74) is 0.543. The smallest absolute Gasteiger partial charge is 0.345 e. The Bertz CT molecular complexity index is 1520. The first-order valence-corrected chi connectivity index (χ1v) is 14.6. The molecule has 0 amide bonds.